The maximum atomic E-state index is 6.70. The van der Waals surface area contributed by atoms with Gasteiger partial charge in [0.25, 0.3) is 0 Å². The lowest BCUT2D eigenvalue weighted by Crippen LogP contribution is -2.41. The van der Waals surface area contributed by atoms with Gasteiger partial charge >= 0.3 is 28.3 Å². The Morgan fingerprint density at radius 2 is 0.454 bits per heavy atom. The zero-order valence-electron chi connectivity index (χ0n) is 63.9. The van der Waals surface area contributed by atoms with Crippen molar-refractivity contribution in [2.75, 3.05) is 0 Å². The Morgan fingerprint density at radius 3 is 0.722 bits per heavy atom. The average Bonchev–Trinajstić information content (AvgIpc) is 1.68. The fourth-order valence-corrected chi connectivity index (χ4v) is 17.9. The molecule has 12 aromatic rings. The molecule has 8 aliphatic rings. The molecule has 10 aromatic carbocycles. The lowest BCUT2D eigenvalue weighted by Gasteiger charge is -2.36. The van der Waals surface area contributed by atoms with Gasteiger partial charge in [0, 0.05) is 31.2 Å². The second-order valence-electron chi connectivity index (χ2n) is 33.9. The first-order valence-electron chi connectivity index (χ1n) is 37.5. The maximum absolute atomic E-state index is 6.70. The normalized spacial score (nSPS) is 20.1. The van der Waals surface area contributed by atoms with E-state index in [1.54, 1.807) is 0 Å². The van der Waals surface area contributed by atoms with Crippen LogP contribution in [0.25, 0.3) is 89.4 Å². The molecule has 0 unspecified atom stereocenters. The van der Waals surface area contributed by atoms with Gasteiger partial charge in [-0.15, -0.1) is 0 Å². The third kappa shape index (κ3) is 10.6. The molecule has 12 nitrogen and oxygen atoms in total. The molecule has 0 radical (unpaired) electrons. The number of hydrogen-bond acceptors (Lipinski definition) is 12. The van der Waals surface area contributed by atoms with Crippen LogP contribution in [-0.2, 0) is 48.1 Å². The second kappa shape index (κ2) is 24.6. The molecule has 108 heavy (non-hydrogen) atoms. The molecular formula is C90H84B4Br2N4O8. The van der Waals surface area contributed by atoms with Crippen molar-refractivity contribution in [2.45, 2.75) is 166 Å². The van der Waals surface area contributed by atoms with E-state index in [-0.39, 0.29) is 22.4 Å². The first kappa shape index (κ1) is 71.4. The Labute approximate surface area is 651 Å². The molecule has 4 aliphatic heterocycles. The van der Waals surface area contributed by atoms with E-state index in [0.717, 1.165) is 98.1 Å². The van der Waals surface area contributed by atoms with Crippen molar-refractivity contribution >= 4 is 93.1 Å². The second-order valence-corrected chi connectivity index (χ2v) is 35.7. The van der Waals surface area contributed by atoms with Crippen molar-refractivity contribution in [1.29, 1.82) is 0 Å². The van der Waals surface area contributed by atoms with Gasteiger partial charge in [-0.05, 0) is 237 Å². The predicted molar refractivity (Wildman–Crippen MR) is 442 cm³/mol. The van der Waals surface area contributed by atoms with Crippen LogP contribution in [-0.4, -0.2) is 93.0 Å². The fraction of sp³-hybridized carbons (Fsp3) is 0.289. The molecule has 0 saturated carbocycles. The number of rotatable bonds is 3. The van der Waals surface area contributed by atoms with Crippen molar-refractivity contribution in [3.8, 4) is 67.3 Å². The molecule has 0 atom stereocenters. The van der Waals surface area contributed by atoms with E-state index < -0.39 is 61.5 Å². The van der Waals surface area contributed by atoms with Crippen LogP contribution in [0, 0.1) is 0 Å². The lowest BCUT2D eigenvalue weighted by molar-refractivity contribution is 0.00578. The van der Waals surface area contributed by atoms with Crippen LogP contribution in [0.3, 0.4) is 0 Å². The summed E-state index contributed by atoms with van der Waals surface area (Å²) in [6.07, 6.45) is 0. The van der Waals surface area contributed by atoms with Gasteiger partial charge in [0.2, 0.25) is 0 Å². The van der Waals surface area contributed by atoms with E-state index in [2.05, 4.69) is 257 Å². The Bertz CT molecular complexity index is 5350. The first-order chi connectivity index (χ1) is 51.3. The van der Waals surface area contributed by atoms with Crippen LogP contribution in [0.4, 0.5) is 0 Å². The van der Waals surface area contributed by atoms with Gasteiger partial charge in [-0.2, -0.15) is 0 Å². The van der Waals surface area contributed by atoms with Gasteiger partial charge < -0.3 is 37.2 Å². The molecule has 6 heterocycles. The Hall–Kier alpha value is -8.22. The van der Waals surface area contributed by atoms with Crippen LogP contribution >= 0.6 is 31.9 Å². The molecule has 4 saturated heterocycles. The van der Waals surface area contributed by atoms with E-state index in [9.17, 15) is 0 Å². The van der Waals surface area contributed by atoms with E-state index in [0.29, 0.717) is 0 Å². The van der Waals surface area contributed by atoms with Crippen LogP contribution in [0.15, 0.2) is 227 Å². The minimum Gasteiger partial charge on any atom is -0.405 e. The van der Waals surface area contributed by atoms with E-state index >= 15 is 0 Å². The molecule has 538 valence electrons. The smallest absolute Gasteiger partial charge is 0.405 e. The lowest BCUT2D eigenvalue weighted by atomic mass is 9.49. The minimum absolute atomic E-state index is 0.360. The highest BCUT2D eigenvalue weighted by atomic mass is 79.9. The summed E-state index contributed by atoms with van der Waals surface area (Å²) in [5.41, 5.74) is 23.1. The molecule has 18 heteroatoms. The van der Waals surface area contributed by atoms with Crippen LogP contribution < -0.4 is 10.9 Å². The Kier molecular flexibility index (Phi) is 16.3. The molecule has 0 bridgehead atoms. The highest BCUT2D eigenvalue weighted by Crippen LogP contribution is 2.64. The molecule has 2 aromatic heterocycles. The topological polar surface area (TPSA) is 125 Å². The van der Waals surface area contributed by atoms with Crippen molar-refractivity contribution < 1.29 is 37.2 Å². The molecule has 4 aliphatic carbocycles. The Morgan fingerprint density at radius 1 is 0.231 bits per heavy atom. The summed E-state index contributed by atoms with van der Waals surface area (Å²) in [7, 11) is -2.04. The highest BCUT2D eigenvalue weighted by Gasteiger charge is 2.64. The van der Waals surface area contributed by atoms with Crippen molar-refractivity contribution in [1.82, 2.24) is 19.9 Å². The highest BCUT2D eigenvalue weighted by molar-refractivity contribution is 9.10. The standard InChI is InChI=1S/C45H42B2N2O4.C33H18Br2N2.C12H24B2O4/c1-41(2)42(3,4)51-46(50-41)27-21-23-31-35(25-27)45(33-17-11-9-15-29(33)30-16-10-12-18-34(30)45)36-26-28(47-52-43(5,6)44(7,8)53-47)22-24-32(36)40-39(31)48-37-19-13-14-20-38(37)49-40;34-19-13-15-23-27(17-19)33(25-9-3-1-7-21(25)22-8-2-4-10-26(22)33)28-18-20(35)14-16-24(28)32-31(23)36-29-11-5-6-12-30(29)37-32;1-9(2)10(3,4)16-13(15-9)14-17-11(5,6)12(7,8)18-14/h9-26H,1-8H3;1-18H;1-8H3. The summed E-state index contributed by atoms with van der Waals surface area (Å²) in [4.78, 5) is 21.3. The summed E-state index contributed by atoms with van der Waals surface area (Å²) in [6, 6.07) is 78.2. The maximum Gasteiger partial charge on any atom is 0.494 e. The molecule has 20 rings (SSSR count). The molecule has 0 amide bonds. The van der Waals surface area contributed by atoms with Crippen LogP contribution in [0.1, 0.15) is 155 Å². The SMILES string of the molecule is Brc1ccc2c(c1)C1(c3ccccc3-c3ccccc31)c1cc(Br)ccc1-c1nc3ccccc3nc1-2.CC1(C)OB(B2OC(C)(C)C(C)(C)O2)OC1(C)C.CC1(C)OB(c2ccc3c(c2)C2(c4ccccc4-c4ccccc42)c2cc(B4OC(C)(C)C(C)(C)O4)ccc2-c2nc4ccccc4nc2-3)OC1(C)C. The quantitative estimate of drug-likeness (QED) is 0.156. The largest absolute Gasteiger partial charge is 0.494 e. The predicted octanol–water partition coefficient (Wildman–Crippen LogP) is 19.7. The third-order valence-electron chi connectivity index (χ3n) is 25.5. The van der Waals surface area contributed by atoms with Gasteiger partial charge in [0.15, 0.2) is 0 Å². The summed E-state index contributed by atoms with van der Waals surface area (Å²) >= 11 is 7.63. The van der Waals surface area contributed by atoms with Crippen LogP contribution in [0.2, 0.25) is 0 Å². The summed E-state index contributed by atoms with van der Waals surface area (Å²) in [6.45, 7) is 33.0. The number of halogens is 2. The van der Waals surface area contributed by atoms with Crippen molar-refractivity contribution in [3.05, 3.63) is 272 Å². The zero-order chi connectivity index (χ0) is 75.4. The Balaban J connectivity index is 0.000000129. The number of para-hydroxylation sites is 4. The van der Waals surface area contributed by atoms with Crippen molar-refractivity contribution in [2.24, 2.45) is 0 Å². The number of hydrogen-bond donors (Lipinski definition) is 0. The summed E-state index contributed by atoms with van der Waals surface area (Å²) in [5, 5.41) is 0. The van der Waals surface area contributed by atoms with Gasteiger partial charge in [0.05, 0.1) is 100 Å². The zero-order valence-corrected chi connectivity index (χ0v) is 67.1. The molecule has 0 N–H and O–H groups in total. The van der Waals surface area contributed by atoms with Gasteiger partial charge in [-0.1, -0.05) is 202 Å². The third-order valence-corrected chi connectivity index (χ3v) is 26.5. The van der Waals surface area contributed by atoms with Gasteiger partial charge in [-0.3, -0.25) is 0 Å². The van der Waals surface area contributed by atoms with E-state index in [1.165, 1.54) is 55.6 Å². The molecular weight excluding hydrogens is 1470 g/mol. The van der Waals surface area contributed by atoms with E-state index in [4.69, 9.17) is 57.2 Å². The number of aromatic nitrogens is 4. The molecule has 2 spiro atoms. The van der Waals surface area contributed by atoms with Crippen LogP contribution in [0.5, 0.6) is 0 Å². The number of fused-ring (bicyclic) bond motifs is 26. The summed E-state index contributed by atoms with van der Waals surface area (Å²) < 4.78 is 52.7. The minimum atomic E-state index is -0.758. The number of nitrogens with zero attached hydrogens (tertiary/aromatic N) is 4. The fourth-order valence-electron chi connectivity index (χ4n) is 17.1. The summed E-state index contributed by atoms with van der Waals surface area (Å²) in [5.74, 6) is 0. The van der Waals surface area contributed by atoms with Gasteiger partial charge in [-0.25, -0.2) is 19.9 Å². The monoisotopic (exact) mass is 1550 g/mol. The van der Waals surface area contributed by atoms with Gasteiger partial charge in [0.1, 0.15) is 0 Å². The molecule has 4 fully saturated rings. The van der Waals surface area contributed by atoms with E-state index in [1.807, 2.05) is 104 Å². The first-order valence-corrected chi connectivity index (χ1v) is 39.1. The number of benzene rings is 10. The van der Waals surface area contributed by atoms with Crippen molar-refractivity contribution in [3.63, 3.8) is 0 Å². The average molecular weight is 1550 g/mol.